The smallest absolute Gasteiger partial charge is 0.224 e. The number of rotatable bonds is 1. The van der Waals surface area contributed by atoms with E-state index in [1.807, 2.05) is 6.07 Å². The summed E-state index contributed by atoms with van der Waals surface area (Å²) < 4.78 is 5.27. The molecule has 0 aromatic heterocycles. The normalized spacial score (nSPS) is 18.3. The lowest BCUT2D eigenvalue weighted by Crippen LogP contribution is -2.29. The molecule has 17 heavy (non-hydrogen) atoms. The van der Waals surface area contributed by atoms with Gasteiger partial charge >= 0.3 is 0 Å². The Kier molecular flexibility index (Phi) is 2.39. The van der Waals surface area contributed by atoms with E-state index in [-0.39, 0.29) is 5.91 Å². The van der Waals surface area contributed by atoms with Crippen molar-refractivity contribution >= 4 is 11.5 Å². The SMILES string of the molecule is COc1ccc2c(c1)C1=C(CC2)NC(=O)CC1. The molecule has 0 unspecified atom stereocenters. The van der Waals surface area contributed by atoms with E-state index in [4.69, 9.17) is 4.74 Å². The van der Waals surface area contributed by atoms with E-state index in [9.17, 15) is 4.79 Å². The molecule has 1 aromatic carbocycles. The number of hydrogen-bond donors (Lipinski definition) is 1. The number of amides is 1. The average molecular weight is 229 g/mol. The lowest BCUT2D eigenvalue weighted by molar-refractivity contribution is -0.120. The molecule has 0 atom stereocenters. The molecule has 0 fully saturated rings. The summed E-state index contributed by atoms with van der Waals surface area (Å²) in [5.74, 6) is 1.03. The number of carbonyl (C=O) groups is 1. The first-order chi connectivity index (χ1) is 8.28. The highest BCUT2D eigenvalue weighted by molar-refractivity contribution is 5.88. The van der Waals surface area contributed by atoms with Gasteiger partial charge in [0.05, 0.1) is 7.11 Å². The van der Waals surface area contributed by atoms with Gasteiger partial charge in [0.1, 0.15) is 5.75 Å². The third kappa shape index (κ3) is 1.71. The topological polar surface area (TPSA) is 38.3 Å². The number of fused-ring (bicyclic) bond motifs is 2. The summed E-state index contributed by atoms with van der Waals surface area (Å²) in [7, 11) is 1.68. The van der Waals surface area contributed by atoms with Gasteiger partial charge in [-0.05, 0) is 48.1 Å². The summed E-state index contributed by atoms with van der Waals surface area (Å²) >= 11 is 0. The Bertz CT molecular complexity index is 517. The van der Waals surface area contributed by atoms with Crippen molar-refractivity contribution in [3.63, 3.8) is 0 Å². The zero-order valence-electron chi connectivity index (χ0n) is 9.88. The van der Waals surface area contributed by atoms with Crippen molar-refractivity contribution in [2.45, 2.75) is 25.7 Å². The number of allylic oxidation sites excluding steroid dienone is 2. The zero-order valence-corrected chi connectivity index (χ0v) is 9.88. The summed E-state index contributed by atoms with van der Waals surface area (Å²) in [6.45, 7) is 0. The minimum absolute atomic E-state index is 0.148. The van der Waals surface area contributed by atoms with E-state index < -0.39 is 0 Å². The number of benzene rings is 1. The highest BCUT2D eigenvalue weighted by atomic mass is 16.5. The summed E-state index contributed by atoms with van der Waals surface area (Å²) in [5, 5.41) is 3.00. The van der Waals surface area contributed by atoms with Crippen molar-refractivity contribution in [1.82, 2.24) is 5.32 Å². The van der Waals surface area contributed by atoms with E-state index in [0.29, 0.717) is 6.42 Å². The number of ether oxygens (including phenoxy) is 1. The molecule has 3 nitrogen and oxygen atoms in total. The summed E-state index contributed by atoms with van der Waals surface area (Å²) in [6.07, 6.45) is 3.38. The second-order valence-electron chi connectivity index (χ2n) is 4.53. The molecule has 0 radical (unpaired) electrons. The van der Waals surface area contributed by atoms with E-state index in [1.165, 1.54) is 16.7 Å². The molecule has 1 aliphatic heterocycles. The number of hydrogen-bond acceptors (Lipinski definition) is 2. The van der Waals surface area contributed by atoms with Crippen LogP contribution in [0.5, 0.6) is 5.75 Å². The van der Waals surface area contributed by atoms with Gasteiger partial charge in [0, 0.05) is 12.1 Å². The Morgan fingerprint density at radius 3 is 2.88 bits per heavy atom. The molecular formula is C14H15NO2. The van der Waals surface area contributed by atoms with Crippen molar-refractivity contribution in [2.75, 3.05) is 7.11 Å². The maximum atomic E-state index is 11.4. The summed E-state index contributed by atoms with van der Waals surface area (Å²) in [5.41, 5.74) is 5.03. The van der Waals surface area contributed by atoms with Crippen LogP contribution in [0.15, 0.2) is 23.9 Å². The lowest BCUT2D eigenvalue weighted by Gasteiger charge is -2.27. The van der Waals surface area contributed by atoms with Crippen molar-refractivity contribution < 1.29 is 9.53 Å². The van der Waals surface area contributed by atoms with Gasteiger partial charge in [-0.3, -0.25) is 4.79 Å². The highest BCUT2D eigenvalue weighted by Gasteiger charge is 2.24. The Labute approximate surface area is 100 Å². The van der Waals surface area contributed by atoms with Crippen LogP contribution in [0.1, 0.15) is 30.4 Å². The van der Waals surface area contributed by atoms with Crippen LogP contribution in [-0.2, 0) is 11.2 Å². The molecule has 0 spiro atoms. The fourth-order valence-corrected chi connectivity index (χ4v) is 2.65. The Morgan fingerprint density at radius 1 is 1.18 bits per heavy atom. The molecule has 3 heteroatoms. The molecule has 1 N–H and O–H groups in total. The molecule has 0 bridgehead atoms. The standard InChI is InChI=1S/C14H15NO2/c1-17-10-4-2-9-3-6-13-11(12(9)8-10)5-7-14(16)15-13/h2,4,8H,3,5-7H2,1H3,(H,15,16). The predicted octanol–water partition coefficient (Wildman–Crippen LogP) is 2.26. The van der Waals surface area contributed by atoms with Gasteiger partial charge in [-0.15, -0.1) is 0 Å². The van der Waals surface area contributed by atoms with E-state index >= 15 is 0 Å². The lowest BCUT2D eigenvalue weighted by atomic mass is 9.84. The Morgan fingerprint density at radius 2 is 2.06 bits per heavy atom. The molecule has 1 amide bonds. The molecule has 1 heterocycles. The summed E-state index contributed by atoms with van der Waals surface area (Å²) in [4.78, 5) is 11.4. The minimum Gasteiger partial charge on any atom is -0.497 e. The molecular weight excluding hydrogens is 214 g/mol. The molecule has 2 aliphatic rings. The van der Waals surface area contributed by atoms with Gasteiger partial charge in [-0.25, -0.2) is 0 Å². The number of aryl methyl sites for hydroxylation is 1. The minimum atomic E-state index is 0.148. The maximum absolute atomic E-state index is 11.4. The molecule has 0 saturated heterocycles. The van der Waals surface area contributed by atoms with Gasteiger partial charge in [-0.1, -0.05) is 6.07 Å². The highest BCUT2D eigenvalue weighted by Crippen LogP contribution is 2.36. The third-order valence-electron chi connectivity index (χ3n) is 3.54. The van der Waals surface area contributed by atoms with E-state index in [1.54, 1.807) is 7.11 Å². The largest absolute Gasteiger partial charge is 0.497 e. The fourth-order valence-electron chi connectivity index (χ4n) is 2.65. The molecule has 88 valence electrons. The molecule has 1 aliphatic carbocycles. The number of carbonyl (C=O) groups excluding carboxylic acids is 1. The monoisotopic (exact) mass is 229 g/mol. The molecule has 3 rings (SSSR count). The molecule has 0 saturated carbocycles. The van der Waals surface area contributed by atoms with Gasteiger partial charge in [0.25, 0.3) is 0 Å². The van der Waals surface area contributed by atoms with Gasteiger partial charge in [-0.2, -0.15) is 0 Å². The predicted molar refractivity (Wildman–Crippen MR) is 65.6 cm³/mol. The van der Waals surface area contributed by atoms with Gasteiger partial charge in [0.2, 0.25) is 5.91 Å². The second kappa shape index (κ2) is 3.91. The van der Waals surface area contributed by atoms with Crippen molar-refractivity contribution in [2.24, 2.45) is 0 Å². The van der Waals surface area contributed by atoms with Crippen LogP contribution in [0.4, 0.5) is 0 Å². The van der Waals surface area contributed by atoms with Crippen molar-refractivity contribution in [3.05, 3.63) is 35.0 Å². The van der Waals surface area contributed by atoms with Crippen LogP contribution in [0.25, 0.3) is 5.57 Å². The first kappa shape index (κ1) is 10.4. The first-order valence-electron chi connectivity index (χ1n) is 5.97. The zero-order chi connectivity index (χ0) is 11.8. The first-order valence-corrected chi connectivity index (χ1v) is 5.97. The van der Waals surface area contributed by atoms with Crippen molar-refractivity contribution in [3.8, 4) is 5.75 Å². The Balaban J connectivity index is 2.09. The Hall–Kier alpha value is -1.77. The van der Waals surface area contributed by atoms with Gasteiger partial charge in [0.15, 0.2) is 0 Å². The molecule has 1 aromatic rings. The summed E-state index contributed by atoms with van der Waals surface area (Å²) in [6, 6.07) is 6.22. The number of nitrogens with one attached hydrogen (secondary N) is 1. The van der Waals surface area contributed by atoms with Crippen LogP contribution >= 0.6 is 0 Å². The maximum Gasteiger partial charge on any atom is 0.224 e. The third-order valence-corrected chi connectivity index (χ3v) is 3.54. The van der Waals surface area contributed by atoms with Crippen LogP contribution in [0.3, 0.4) is 0 Å². The van der Waals surface area contributed by atoms with Crippen LogP contribution in [0, 0.1) is 0 Å². The quantitative estimate of drug-likeness (QED) is 0.802. The second-order valence-corrected chi connectivity index (χ2v) is 4.53. The van der Waals surface area contributed by atoms with E-state index in [2.05, 4.69) is 17.4 Å². The van der Waals surface area contributed by atoms with Crippen LogP contribution < -0.4 is 10.1 Å². The van der Waals surface area contributed by atoms with Crippen molar-refractivity contribution in [1.29, 1.82) is 0 Å². The number of methoxy groups -OCH3 is 1. The van der Waals surface area contributed by atoms with Crippen LogP contribution in [-0.4, -0.2) is 13.0 Å². The van der Waals surface area contributed by atoms with Crippen LogP contribution in [0.2, 0.25) is 0 Å². The average Bonchev–Trinajstić information content (AvgIpc) is 2.37. The fraction of sp³-hybridized carbons (Fsp3) is 0.357. The van der Waals surface area contributed by atoms with Gasteiger partial charge < -0.3 is 10.1 Å². The van der Waals surface area contributed by atoms with E-state index in [0.717, 1.165) is 30.7 Å².